The van der Waals surface area contributed by atoms with Crippen molar-refractivity contribution in [2.24, 2.45) is 0 Å². The van der Waals surface area contributed by atoms with Gasteiger partial charge in [0.25, 0.3) is 0 Å². The zero-order chi connectivity index (χ0) is 22.2. The van der Waals surface area contributed by atoms with E-state index in [-0.39, 0.29) is 6.10 Å². The van der Waals surface area contributed by atoms with E-state index in [0.29, 0.717) is 43.8 Å². The number of H-pyrrole nitrogens is 1. The molecule has 0 spiro atoms. The van der Waals surface area contributed by atoms with Crippen LogP contribution in [0.4, 0.5) is 0 Å². The van der Waals surface area contributed by atoms with E-state index in [1.54, 1.807) is 0 Å². The van der Waals surface area contributed by atoms with Crippen molar-refractivity contribution < 1.29 is 14.2 Å². The SMILES string of the molecule is N#Cc1cc(-c2c[nH]c3ncc(-c4cnn(C5COC5)c4)cc23)ccc1OC1CCOCC1. The molecule has 2 saturated heterocycles. The van der Waals surface area contributed by atoms with Crippen LogP contribution < -0.4 is 4.74 Å². The summed E-state index contributed by atoms with van der Waals surface area (Å²) in [6.45, 7) is 2.80. The zero-order valence-electron chi connectivity index (χ0n) is 18.0. The molecule has 8 nitrogen and oxygen atoms in total. The summed E-state index contributed by atoms with van der Waals surface area (Å²) >= 11 is 0. The van der Waals surface area contributed by atoms with Gasteiger partial charge < -0.3 is 19.2 Å². The lowest BCUT2D eigenvalue weighted by atomic mass is 10.0. The molecule has 0 radical (unpaired) electrons. The molecule has 0 unspecified atom stereocenters. The normalized spacial score (nSPS) is 17.1. The van der Waals surface area contributed by atoms with E-state index in [9.17, 15) is 5.26 Å². The maximum Gasteiger partial charge on any atom is 0.137 e. The highest BCUT2D eigenvalue weighted by molar-refractivity contribution is 5.96. The molecule has 3 aromatic heterocycles. The van der Waals surface area contributed by atoms with Gasteiger partial charge in [0.1, 0.15) is 23.6 Å². The molecule has 6 rings (SSSR count). The second kappa shape index (κ2) is 8.35. The Morgan fingerprint density at radius 2 is 1.94 bits per heavy atom. The number of aromatic nitrogens is 4. The summed E-state index contributed by atoms with van der Waals surface area (Å²) in [5.41, 5.74) is 5.28. The van der Waals surface area contributed by atoms with Crippen molar-refractivity contribution in [3.05, 3.63) is 54.6 Å². The molecule has 4 aromatic rings. The van der Waals surface area contributed by atoms with Crippen LogP contribution in [0, 0.1) is 11.3 Å². The number of nitrogens with one attached hydrogen (secondary N) is 1. The largest absolute Gasteiger partial charge is 0.489 e. The molecule has 0 amide bonds. The molecule has 1 aromatic carbocycles. The highest BCUT2D eigenvalue weighted by Gasteiger charge is 2.22. The van der Waals surface area contributed by atoms with Crippen LogP contribution in [-0.4, -0.2) is 52.3 Å². The molecule has 0 bridgehead atoms. The molecule has 33 heavy (non-hydrogen) atoms. The van der Waals surface area contributed by atoms with E-state index in [4.69, 9.17) is 14.2 Å². The Kier molecular flexibility index (Phi) is 5.06. The number of nitrogens with zero attached hydrogens (tertiary/aromatic N) is 4. The highest BCUT2D eigenvalue weighted by Crippen LogP contribution is 2.34. The van der Waals surface area contributed by atoms with Crippen molar-refractivity contribution in [1.29, 1.82) is 5.26 Å². The number of hydrogen-bond donors (Lipinski definition) is 1. The van der Waals surface area contributed by atoms with Gasteiger partial charge in [0, 0.05) is 53.5 Å². The summed E-state index contributed by atoms with van der Waals surface area (Å²) in [7, 11) is 0. The minimum atomic E-state index is 0.0870. The van der Waals surface area contributed by atoms with E-state index < -0.39 is 0 Å². The van der Waals surface area contributed by atoms with E-state index in [1.807, 2.05) is 47.7 Å². The predicted octanol–water partition coefficient (Wildman–Crippen LogP) is 4.09. The number of rotatable bonds is 5. The molecule has 2 aliphatic heterocycles. The zero-order valence-corrected chi connectivity index (χ0v) is 18.0. The minimum absolute atomic E-state index is 0.0870. The maximum atomic E-state index is 9.76. The molecule has 0 aliphatic carbocycles. The smallest absolute Gasteiger partial charge is 0.137 e. The Labute approximate surface area is 190 Å². The van der Waals surface area contributed by atoms with Crippen molar-refractivity contribution in [3.63, 3.8) is 0 Å². The molecule has 1 N–H and O–H groups in total. The molecular formula is C25H23N5O3. The number of benzene rings is 1. The van der Waals surface area contributed by atoms with Gasteiger partial charge in [-0.3, -0.25) is 4.68 Å². The summed E-state index contributed by atoms with van der Waals surface area (Å²) < 4.78 is 18.7. The van der Waals surface area contributed by atoms with Crippen LogP contribution in [0.25, 0.3) is 33.3 Å². The van der Waals surface area contributed by atoms with Crippen LogP contribution in [0.15, 0.2) is 49.1 Å². The van der Waals surface area contributed by atoms with Gasteiger partial charge in [-0.15, -0.1) is 0 Å². The number of nitriles is 1. The van der Waals surface area contributed by atoms with E-state index in [0.717, 1.165) is 46.1 Å². The van der Waals surface area contributed by atoms with Crippen LogP contribution >= 0.6 is 0 Å². The molecule has 0 saturated carbocycles. The summed E-state index contributed by atoms with van der Waals surface area (Å²) in [5, 5.41) is 15.2. The monoisotopic (exact) mass is 441 g/mol. The number of aromatic amines is 1. The van der Waals surface area contributed by atoms with Gasteiger partial charge in [0.15, 0.2) is 0 Å². The first-order chi connectivity index (χ1) is 16.3. The average Bonchev–Trinajstić information content (AvgIpc) is 3.46. The molecule has 5 heterocycles. The van der Waals surface area contributed by atoms with Gasteiger partial charge in [0.05, 0.1) is 44.2 Å². The standard InChI is InChI=1S/C25H23N5O3/c26-9-17-7-16(1-2-24(17)33-21-3-5-31-6-4-21)23-12-28-25-22(23)8-18(10-27-25)19-11-29-30(13-19)20-14-32-15-20/h1-2,7-8,10-13,20-21H,3-6,14-15H2,(H,27,28). The summed E-state index contributed by atoms with van der Waals surface area (Å²) in [6, 6.07) is 10.5. The number of ether oxygens (including phenoxy) is 3. The predicted molar refractivity (Wildman–Crippen MR) is 122 cm³/mol. The second-order valence-corrected chi connectivity index (χ2v) is 8.48. The second-order valence-electron chi connectivity index (χ2n) is 8.48. The van der Waals surface area contributed by atoms with E-state index >= 15 is 0 Å². The molecule has 0 atom stereocenters. The third-order valence-corrected chi connectivity index (χ3v) is 6.33. The molecule has 2 aliphatic rings. The molecule has 2 fully saturated rings. The van der Waals surface area contributed by atoms with E-state index in [2.05, 4.69) is 27.2 Å². The van der Waals surface area contributed by atoms with Crippen LogP contribution in [0.1, 0.15) is 24.4 Å². The van der Waals surface area contributed by atoms with E-state index in [1.165, 1.54) is 0 Å². The quantitative estimate of drug-likeness (QED) is 0.501. The maximum absolute atomic E-state index is 9.76. The van der Waals surface area contributed by atoms with Crippen molar-refractivity contribution >= 4 is 11.0 Å². The number of hydrogen-bond acceptors (Lipinski definition) is 6. The number of pyridine rings is 1. The number of fused-ring (bicyclic) bond motifs is 1. The van der Waals surface area contributed by atoms with Crippen LogP contribution in [0.3, 0.4) is 0 Å². The summed E-state index contributed by atoms with van der Waals surface area (Å²) in [6.07, 6.45) is 9.46. The Morgan fingerprint density at radius 3 is 2.73 bits per heavy atom. The Bertz CT molecular complexity index is 1340. The lowest BCUT2D eigenvalue weighted by Crippen LogP contribution is -2.30. The molecule has 166 valence electrons. The van der Waals surface area contributed by atoms with Crippen LogP contribution in [-0.2, 0) is 9.47 Å². The van der Waals surface area contributed by atoms with Crippen LogP contribution in [0.5, 0.6) is 5.75 Å². The van der Waals surface area contributed by atoms with Gasteiger partial charge in [0.2, 0.25) is 0 Å². The van der Waals surface area contributed by atoms with Gasteiger partial charge in [-0.05, 0) is 23.8 Å². The van der Waals surface area contributed by atoms with Gasteiger partial charge in [-0.25, -0.2) is 4.98 Å². The minimum Gasteiger partial charge on any atom is -0.489 e. The third-order valence-electron chi connectivity index (χ3n) is 6.33. The summed E-state index contributed by atoms with van der Waals surface area (Å²) in [5.74, 6) is 0.624. The third kappa shape index (κ3) is 3.75. The van der Waals surface area contributed by atoms with Crippen molar-refractivity contribution in [3.8, 4) is 34.1 Å². The fraction of sp³-hybridized carbons (Fsp3) is 0.320. The van der Waals surface area contributed by atoms with Crippen molar-refractivity contribution in [1.82, 2.24) is 19.7 Å². The summed E-state index contributed by atoms with van der Waals surface area (Å²) in [4.78, 5) is 7.86. The van der Waals surface area contributed by atoms with Gasteiger partial charge >= 0.3 is 0 Å². The Hall–Kier alpha value is -3.67. The first-order valence-corrected chi connectivity index (χ1v) is 11.2. The van der Waals surface area contributed by atoms with Gasteiger partial charge in [-0.2, -0.15) is 10.4 Å². The lowest BCUT2D eigenvalue weighted by Gasteiger charge is -2.25. The average molecular weight is 441 g/mol. The molecule has 8 heteroatoms. The van der Waals surface area contributed by atoms with Crippen LogP contribution in [0.2, 0.25) is 0 Å². The Morgan fingerprint density at radius 1 is 1.06 bits per heavy atom. The fourth-order valence-electron chi connectivity index (χ4n) is 4.32. The first kappa shape index (κ1) is 20.0. The van der Waals surface area contributed by atoms with Crippen molar-refractivity contribution in [2.45, 2.75) is 25.0 Å². The fourth-order valence-corrected chi connectivity index (χ4v) is 4.32. The highest BCUT2D eigenvalue weighted by atomic mass is 16.5. The van der Waals surface area contributed by atoms with Gasteiger partial charge in [-0.1, -0.05) is 6.07 Å². The van der Waals surface area contributed by atoms with Crippen molar-refractivity contribution in [2.75, 3.05) is 26.4 Å². The topological polar surface area (TPSA) is 98.0 Å². The Balaban J connectivity index is 1.32. The lowest BCUT2D eigenvalue weighted by molar-refractivity contribution is -0.0286. The molecular weight excluding hydrogens is 418 g/mol. The first-order valence-electron chi connectivity index (χ1n) is 11.2.